The minimum atomic E-state index is -0.895. The predicted octanol–water partition coefficient (Wildman–Crippen LogP) is 5.32. The summed E-state index contributed by atoms with van der Waals surface area (Å²) < 4.78 is 52.2. The van der Waals surface area contributed by atoms with Gasteiger partial charge in [0.1, 0.15) is 29.9 Å². The van der Waals surface area contributed by atoms with Crippen LogP contribution in [0.3, 0.4) is 0 Å². The lowest BCUT2D eigenvalue weighted by Crippen LogP contribution is -2.52. The van der Waals surface area contributed by atoms with Crippen molar-refractivity contribution in [3.63, 3.8) is 0 Å². The molecule has 42 heavy (non-hydrogen) atoms. The summed E-state index contributed by atoms with van der Waals surface area (Å²) in [5.41, 5.74) is 6.19. The van der Waals surface area contributed by atoms with E-state index >= 15 is 4.39 Å². The summed E-state index contributed by atoms with van der Waals surface area (Å²) in [6.45, 7) is 3.05. The molecule has 8 nitrogen and oxygen atoms in total. The van der Waals surface area contributed by atoms with Gasteiger partial charge < -0.3 is 20.7 Å². The fourth-order valence-corrected chi connectivity index (χ4v) is 8.69. The van der Waals surface area contributed by atoms with E-state index in [-0.39, 0.29) is 56.2 Å². The molecule has 2 bridgehead atoms. The molecule has 4 aromatic rings. The number of anilines is 2. The van der Waals surface area contributed by atoms with Crippen molar-refractivity contribution in [2.24, 2.45) is 0 Å². The highest BCUT2D eigenvalue weighted by molar-refractivity contribution is 7.22. The first kappa shape index (κ1) is 26.7. The molecule has 3 N–H and O–H groups in total. The van der Waals surface area contributed by atoms with Crippen molar-refractivity contribution in [3.05, 3.63) is 34.9 Å². The van der Waals surface area contributed by atoms with Crippen LogP contribution in [-0.2, 0) is 0 Å². The predicted molar refractivity (Wildman–Crippen MR) is 158 cm³/mol. The summed E-state index contributed by atoms with van der Waals surface area (Å²) in [4.78, 5) is 18.1. The van der Waals surface area contributed by atoms with Crippen LogP contribution in [0.5, 0.6) is 6.01 Å². The third-order valence-corrected chi connectivity index (χ3v) is 10.7. The number of nitrogens with two attached hydrogens (primary N) is 1. The number of nitrogen functional groups attached to an aromatic ring is 1. The molecule has 2 aromatic heterocycles. The van der Waals surface area contributed by atoms with Gasteiger partial charge in [-0.3, -0.25) is 4.90 Å². The van der Waals surface area contributed by atoms with Gasteiger partial charge >= 0.3 is 6.01 Å². The zero-order valence-corrected chi connectivity index (χ0v) is 24.2. The van der Waals surface area contributed by atoms with Crippen LogP contribution in [0.25, 0.3) is 32.2 Å². The lowest BCUT2D eigenvalue weighted by atomic mass is 9.95. The molecule has 0 aliphatic carbocycles. The molecule has 220 valence electrons. The molecule has 0 radical (unpaired) electrons. The maximum atomic E-state index is 16.7. The zero-order valence-electron chi connectivity index (χ0n) is 22.7. The summed E-state index contributed by atoms with van der Waals surface area (Å²) in [7, 11) is 0. The number of nitrogens with zero attached hydrogens (tertiary/aromatic N) is 5. The smallest absolute Gasteiger partial charge is 0.319 e. The Morgan fingerprint density at radius 3 is 2.76 bits per heavy atom. The fourth-order valence-electron chi connectivity index (χ4n) is 7.63. The van der Waals surface area contributed by atoms with Gasteiger partial charge in [-0.05, 0) is 50.4 Å². The largest absolute Gasteiger partial charge is 0.461 e. The number of ether oxygens (including phenoxy) is 1. The van der Waals surface area contributed by atoms with Gasteiger partial charge in [0, 0.05) is 54.7 Å². The van der Waals surface area contributed by atoms with Crippen LogP contribution in [0.4, 0.5) is 24.1 Å². The topological polar surface area (TPSA) is 92.4 Å². The van der Waals surface area contributed by atoms with E-state index in [9.17, 15) is 8.78 Å². The minimum absolute atomic E-state index is 0.0493. The van der Waals surface area contributed by atoms with Gasteiger partial charge in [0.2, 0.25) is 0 Å². The Kier molecular flexibility index (Phi) is 6.22. The lowest BCUT2D eigenvalue weighted by molar-refractivity contribution is 0.107. The Bertz CT molecular complexity index is 1720. The molecule has 6 heterocycles. The van der Waals surface area contributed by atoms with Crippen LogP contribution >= 0.6 is 22.9 Å². The molecular formula is C29H29ClF3N7OS. The molecule has 13 heteroatoms. The molecule has 0 amide bonds. The van der Waals surface area contributed by atoms with E-state index in [1.807, 2.05) is 0 Å². The summed E-state index contributed by atoms with van der Waals surface area (Å²) in [5, 5.41) is 4.26. The third-order valence-electron chi connectivity index (χ3n) is 9.48. The van der Waals surface area contributed by atoms with E-state index in [2.05, 4.69) is 25.1 Å². The van der Waals surface area contributed by atoms with Gasteiger partial charge in [0.25, 0.3) is 0 Å². The van der Waals surface area contributed by atoms with Crippen molar-refractivity contribution < 1.29 is 17.9 Å². The Morgan fingerprint density at radius 1 is 1.14 bits per heavy atom. The van der Waals surface area contributed by atoms with Gasteiger partial charge in [-0.15, -0.1) is 0 Å². The van der Waals surface area contributed by atoms with Crippen molar-refractivity contribution in [1.29, 1.82) is 0 Å². The van der Waals surface area contributed by atoms with Gasteiger partial charge in [-0.1, -0.05) is 22.9 Å². The molecule has 0 spiro atoms. The second-order valence-electron chi connectivity index (χ2n) is 11.9. The average molecular weight is 616 g/mol. The first-order valence-electron chi connectivity index (χ1n) is 14.4. The second-order valence-corrected chi connectivity index (χ2v) is 13.4. The van der Waals surface area contributed by atoms with E-state index < -0.39 is 23.3 Å². The zero-order chi connectivity index (χ0) is 28.7. The average Bonchev–Trinajstić information content (AvgIpc) is 3.68. The maximum absolute atomic E-state index is 16.7. The SMILES string of the molecule is Nc1nc2c(-c3c(Cl)cc4c(N5[C@@H]6CC[C@H]5CNC6)nc(OC[C@]56CCCN5C[C@H](F)C6)nc4c3F)ccc(F)c2s1. The number of alkyl halides is 1. The molecule has 4 saturated heterocycles. The fraction of sp³-hybridized carbons (Fsp3) is 0.483. The summed E-state index contributed by atoms with van der Waals surface area (Å²) in [5.74, 6) is -0.579. The number of rotatable bonds is 5. The van der Waals surface area contributed by atoms with Gasteiger partial charge in [0.05, 0.1) is 20.8 Å². The van der Waals surface area contributed by atoms with Crippen LogP contribution in [0, 0.1) is 11.6 Å². The van der Waals surface area contributed by atoms with Crippen LogP contribution in [-0.4, -0.2) is 76.4 Å². The quantitative estimate of drug-likeness (QED) is 0.312. The maximum Gasteiger partial charge on any atom is 0.319 e. The molecule has 4 atom stereocenters. The number of thiazole rings is 1. The van der Waals surface area contributed by atoms with Crippen LogP contribution < -0.4 is 20.7 Å². The van der Waals surface area contributed by atoms with E-state index in [0.717, 1.165) is 56.7 Å². The molecule has 2 aromatic carbocycles. The number of halogens is 4. The summed E-state index contributed by atoms with van der Waals surface area (Å²) in [6.07, 6.45) is 3.30. The molecule has 4 aliphatic rings. The second kappa shape index (κ2) is 9.80. The number of aromatic nitrogens is 3. The molecular weight excluding hydrogens is 587 g/mol. The lowest BCUT2D eigenvalue weighted by Gasteiger charge is -2.37. The van der Waals surface area contributed by atoms with Crippen molar-refractivity contribution >= 4 is 55.0 Å². The monoisotopic (exact) mass is 615 g/mol. The van der Waals surface area contributed by atoms with Gasteiger partial charge in [0.15, 0.2) is 10.9 Å². The van der Waals surface area contributed by atoms with Crippen molar-refractivity contribution in [1.82, 2.24) is 25.2 Å². The standard InChI is InChI=1S/C29H29ClF3N7OS/c30-19-8-18-23(22(33)21(19)17-4-5-20(32)25-24(17)36-27(34)42-25)37-28(38-26(18)40-15-2-3-16(40)11-35-10-15)41-13-29-6-1-7-39(29)12-14(31)9-29/h4-5,8,14-16,35H,1-3,6-7,9-13H2,(H2,34,36)/t14-,15-,16+,29-/m1/s1. The molecule has 0 saturated carbocycles. The normalized spacial score (nSPS) is 27.4. The molecule has 0 unspecified atom stereocenters. The molecule has 4 fully saturated rings. The Hall–Kier alpha value is -2.93. The highest BCUT2D eigenvalue weighted by Crippen LogP contribution is 2.45. The number of nitrogens with one attached hydrogen (secondary N) is 1. The Balaban J connectivity index is 1.29. The van der Waals surface area contributed by atoms with E-state index in [0.29, 0.717) is 29.7 Å². The van der Waals surface area contributed by atoms with Crippen LogP contribution in [0.2, 0.25) is 5.02 Å². The van der Waals surface area contributed by atoms with Crippen LogP contribution in [0.1, 0.15) is 32.1 Å². The number of hydrogen-bond donors (Lipinski definition) is 2. The minimum Gasteiger partial charge on any atom is -0.461 e. The van der Waals surface area contributed by atoms with Crippen molar-refractivity contribution in [2.75, 3.05) is 43.4 Å². The van der Waals surface area contributed by atoms with Crippen LogP contribution in [0.15, 0.2) is 18.2 Å². The van der Waals surface area contributed by atoms with E-state index in [4.69, 9.17) is 27.1 Å². The first-order valence-corrected chi connectivity index (χ1v) is 15.6. The highest BCUT2D eigenvalue weighted by atomic mass is 35.5. The molecule has 8 rings (SSSR count). The van der Waals surface area contributed by atoms with Crippen molar-refractivity contribution in [2.45, 2.75) is 55.9 Å². The summed E-state index contributed by atoms with van der Waals surface area (Å²) in [6, 6.07) is 4.84. The highest BCUT2D eigenvalue weighted by Gasteiger charge is 2.49. The number of fused-ring (bicyclic) bond motifs is 5. The summed E-state index contributed by atoms with van der Waals surface area (Å²) >= 11 is 7.80. The number of hydrogen-bond acceptors (Lipinski definition) is 9. The van der Waals surface area contributed by atoms with E-state index in [1.165, 1.54) is 12.1 Å². The Morgan fingerprint density at radius 2 is 1.95 bits per heavy atom. The van der Waals surface area contributed by atoms with Gasteiger partial charge in [-0.25, -0.2) is 18.2 Å². The first-order chi connectivity index (χ1) is 20.3. The number of benzene rings is 2. The van der Waals surface area contributed by atoms with E-state index in [1.54, 1.807) is 6.07 Å². The van der Waals surface area contributed by atoms with Crippen molar-refractivity contribution in [3.8, 4) is 17.1 Å². The van der Waals surface area contributed by atoms with Gasteiger partial charge in [-0.2, -0.15) is 9.97 Å². The third kappa shape index (κ3) is 4.05. The molecule has 4 aliphatic heterocycles. The Labute approximate surface area is 249 Å². The number of piperazine rings is 1.